The number of amides is 1. The molecule has 1 amide bonds. The highest BCUT2D eigenvalue weighted by Crippen LogP contribution is 2.40. The Morgan fingerprint density at radius 3 is 2.79 bits per heavy atom. The zero-order chi connectivity index (χ0) is 16.8. The molecule has 0 radical (unpaired) electrons. The van der Waals surface area contributed by atoms with Crippen molar-refractivity contribution in [2.45, 2.75) is 43.9 Å². The summed E-state index contributed by atoms with van der Waals surface area (Å²) in [6.45, 7) is 0.565. The number of nitrogens with zero attached hydrogens (tertiary/aromatic N) is 2. The topological polar surface area (TPSA) is 54.9 Å². The van der Waals surface area contributed by atoms with Gasteiger partial charge < -0.3 is 5.32 Å². The molecule has 1 aliphatic carbocycles. The quantitative estimate of drug-likeness (QED) is 0.886. The van der Waals surface area contributed by atoms with E-state index in [1.165, 1.54) is 6.07 Å². The first-order valence-electron chi connectivity index (χ1n) is 8.46. The molecule has 126 valence electrons. The van der Waals surface area contributed by atoms with E-state index in [0.29, 0.717) is 19.4 Å². The fourth-order valence-corrected chi connectivity index (χ4v) is 3.49. The lowest BCUT2D eigenvalue weighted by Gasteiger charge is -2.30. The summed E-state index contributed by atoms with van der Waals surface area (Å²) in [6.07, 6.45) is 10.1. The zero-order valence-electron chi connectivity index (χ0n) is 13.7. The van der Waals surface area contributed by atoms with Gasteiger partial charge in [-0.1, -0.05) is 25.0 Å². The van der Waals surface area contributed by atoms with Crippen molar-refractivity contribution >= 4 is 5.91 Å². The predicted octanol–water partition coefficient (Wildman–Crippen LogP) is 3.18. The molecular formula is C19H22FN3O. The van der Waals surface area contributed by atoms with Crippen molar-refractivity contribution in [3.8, 4) is 0 Å². The number of hydrogen-bond donors (Lipinski definition) is 1. The van der Waals surface area contributed by atoms with Crippen molar-refractivity contribution in [3.05, 3.63) is 59.9 Å². The van der Waals surface area contributed by atoms with Crippen LogP contribution in [0.4, 0.5) is 4.39 Å². The minimum absolute atomic E-state index is 0.00308. The van der Waals surface area contributed by atoms with Crippen molar-refractivity contribution in [1.29, 1.82) is 0 Å². The number of halogens is 1. The molecular weight excluding hydrogens is 305 g/mol. The minimum Gasteiger partial charge on any atom is -0.355 e. The summed E-state index contributed by atoms with van der Waals surface area (Å²) in [6, 6.07) is 6.80. The van der Waals surface area contributed by atoms with Crippen LogP contribution in [0.3, 0.4) is 0 Å². The smallest absolute Gasteiger partial charge is 0.220 e. The first-order valence-corrected chi connectivity index (χ1v) is 8.46. The number of aryl methyl sites for hydroxylation is 1. The third kappa shape index (κ3) is 3.96. The molecule has 3 rings (SSSR count). The Morgan fingerprint density at radius 2 is 2.08 bits per heavy atom. The van der Waals surface area contributed by atoms with Gasteiger partial charge in [-0.15, -0.1) is 0 Å². The second kappa shape index (κ2) is 7.51. The summed E-state index contributed by atoms with van der Waals surface area (Å²) < 4.78 is 13.6. The first kappa shape index (κ1) is 16.6. The summed E-state index contributed by atoms with van der Waals surface area (Å²) in [5, 5.41) is 3.04. The maximum atomic E-state index is 13.6. The SMILES string of the molecule is O=C(CCc1cnccn1)NCC1(c2cccc(F)c2)CCCC1. The van der Waals surface area contributed by atoms with Crippen LogP contribution >= 0.6 is 0 Å². The number of benzene rings is 1. The first-order chi connectivity index (χ1) is 11.7. The van der Waals surface area contributed by atoms with E-state index in [9.17, 15) is 9.18 Å². The van der Waals surface area contributed by atoms with Crippen LogP contribution < -0.4 is 5.32 Å². The van der Waals surface area contributed by atoms with E-state index in [0.717, 1.165) is 36.9 Å². The Hall–Kier alpha value is -2.30. The lowest BCUT2D eigenvalue weighted by Crippen LogP contribution is -2.39. The van der Waals surface area contributed by atoms with Crippen LogP contribution in [0.25, 0.3) is 0 Å². The maximum Gasteiger partial charge on any atom is 0.220 e. The highest BCUT2D eigenvalue weighted by atomic mass is 19.1. The standard InChI is InChI=1S/C19H22FN3O/c20-16-5-3-4-15(12-16)19(8-1-2-9-19)14-23-18(24)7-6-17-13-21-10-11-22-17/h3-5,10-13H,1-2,6-9,14H2,(H,23,24). The summed E-state index contributed by atoms with van der Waals surface area (Å²) in [5.74, 6) is -0.212. The molecule has 1 aliphatic rings. The van der Waals surface area contributed by atoms with Gasteiger partial charge in [0.1, 0.15) is 5.82 Å². The maximum absolute atomic E-state index is 13.6. The number of hydrogen-bond acceptors (Lipinski definition) is 3. The summed E-state index contributed by atoms with van der Waals surface area (Å²) in [5.41, 5.74) is 1.67. The van der Waals surface area contributed by atoms with Crippen LogP contribution in [0.5, 0.6) is 0 Å². The fourth-order valence-electron chi connectivity index (χ4n) is 3.49. The van der Waals surface area contributed by atoms with Gasteiger partial charge in [0.25, 0.3) is 0 Å². The number of nitrogens with one attached hydrogen (secondary N) is 1. The molecule has 24 heavy (non-hydrogen) atoms. The molecule has 5 heteroatoms. The zero-order valence-corrected chi connectivity index (χ0v) is 13.7. The van der Waals surface area contributed by atoms with E-state index in [1.807, 2.05) is 6.07 Å². The molecule has 1 heterocycles. The molecule has 0 aliphatic heterocycles. The van der Waals surface area contributed by atoms with E-state index in [-0.39, 0.29) is 17.1 Å². The number of carbonyl (C=O) groups excluding carboxylic acids is 1. The predicted molar refractivity (Wildman–Crippen MR) is 89.9 cm³/mol. The van der Waals surface area contributed by atoms with Crippen molar-refractivity contribution in [3.63, 3.8) is 0 Å². The van der Waals surface area contributed by atoms with E-state index >= 15 is 0 Å². The molecule has 0 unspecified atom stereocenters. The van der Waals surface area contributed by atoms with Crippen molar-refractivity contribution in [2.24, 2.45) is 0 Å². The van der Waals surface area contributed by atoms with Gasteiger partial charge >= 0.3 is 0 Å². The highest BCUT2D eigenvalue weighted by Gasteiger charge is 2.36. The molecule has 1 fully saturated rings. The van der Waals surface area contributed by atoms with E-state index < -0.39 is 0 Å². The third-order valence-electron chi connectivity index (χ3n) is 4.85. The van der Waals surface area contributed by atoms with Gasteiger partial charge in [-0.2, -0.15) is 0 Å². The average molecular weight is 327 g/mol. The molecule has 0 saturated heterocycles. The monoisotopic (exact) mass is 327 g/mol. The second-order valence-corrected chi connectivity index (χ2v) is 6.47. The molecule has 1 saturated carbocycles. The van der Waals surface area contributed by atoms with Gasteiger partial charge in [-0.3, -0.25) is 14.8 Å². The van der Waals surface area contributed by atoms with Gasteiger partial charge in [-0.05, 0) is 37.0 Å². The minimum atomic E-state index is -0.215. The van der Waals surface area contributed by atoms with Gasteiger partial charge in [0.2, 0.25) is 5.91 Å². The largest absolute Gasteiger partial charge is 0.355 e. The van der Waals surface area contributed by atoms with Crippen LogP contribution in [0.2, 0.25) is 0 Å². The average Bonchev–Trinajstić information content (AvgIpc) is 3.09. The second-order valence-electron chi connectivity index (χ2n) is 6.47. The Labute approximate surface area is 141 Å². The molecule has 1 aromatic heterocycles. The highest BCUT2D eigenvalue weighted by molar-refractivity contribution is 5.76. The van der Waals surface area contributed by atoms with Gasteiger partial charge in [0.15, 0.2) is 0 Å². The third-order valence-corrected chi connectivity index (χ3v) is 4.85. The number of rotatable bonds is 6. The van der Waals surface area contributed by atoms with Gasteiger partial charge in [0.05, 0.1) is 5.69 Å². The van der Waals surface area contributed by atoms with Gasteiger partial charge in [0, 0.05) is 37.0 Å². The molecule has 1 N–H and O–H groups in total. The van der Waals surface area contributed by atoms with Crippen molar-refractivity contribution in [1.82, 2.24) is 15.3 Å². The molecule has 2 aromatic rings. The summed E-state index contributed by atoms with van der Waals surface area (Å²) >= 11 is 0. The van der Waals surface area contributed by atoms with Crippen LogP contribution in [0, 0.1) is 5.82 Å². The van der Waals surface area contributed by atoms with E-state index in [1.54, 1.807) is 30.7 Å². The fraction of sp³-hybridized carbons (Fsp3) is 0.421. The molecule has 4 nitrogen and oxygen atoms in total. The van der Waals surface area contributed by atoms with E-state index in [2.05, 4.69) is 15.3 Å². The van der Waals surface area contributed by atoms with E-state index in [4.69, 9.17) is 0 Å². The lowest BCUT2D eigenvalue weighted by atomic mass is 9.78. The van der Waals surface area contributed by atoms with Crippen LogP contribution in [-0.2, 0) is 16.6 Å². The van der Waals surface area contributed by atoms with Crippen LogP contribution in [-0.4, -0.2) is 22.4 Å². The summed E-state index contributed by atoms with van der Waals surface area (Å²) in [4.78, 5) is 20.4. The molecule has 0 atom stereocenters. The normalized spacial score (nSPS) is 16.0. The van der Waals surface area contributed by atoms with Crippen LogP contribution in [0.1, 0.15) is 43.4 Å². The number of aromatic nitrogens is 2. The number of carbonyl (C=O) groups is 1. The Bertz CT molecular complexity index is 684. The summed E-state index contributed by atoms with van der Waals surface area (Å²) in [7, 11) is 0. The Morgan fingerprint density at radius 1 is 1.25 bits per heavy atom. The Kier molecular flexibility index (Phi) is 5.18. The van der Waals surface area contributed by atoms with Crippen molar-refractivity contribution in [2.75, 3.05) is 6.54 Å². The molecule has 0 spiro atoms. The lowest BCUT2D eigenvalue weighted by molar-refractivity contribution is -0.121. The molecule has 1 aromatic carbocycles. The molecule has 0 bridgehead atoms. The van der Waals surface area contributed by atoms with Gasteiger partial charge in [-0.25, -0.2) is 4.39 Å². The van der Waals surface area contributed by atoms with Crippen LogP contribution in [0.15, 0.2) is 42.9 Å². The Balaban J connectivity index is 1.59. The van der Waals surface area contributed by atoms with Crippen molar-refractivity contribution < 1.29 is 9.18 Å².